The van der Waals surface area contributed by atoms with Crippen molar-refractivity contribution in [1.82, 2.24) is 10.3 Å². The number of nitrogens with zero attached hydrogens (tertiary/aromatic N) is 1. The average Bonchev–Trinajstić information content (AvgIpc) is 2.88. The molecule has 110 valence electrons. The second-order valence-electron chi connectivity index (χ2n) is 5.64. The summed E-state index contributed by atoms with van der Waals surface area (Å²) < 4.78 is 0.978. The Hall–Kier alpha value is -1.95. The zero-order chi connectivity index (χ0) is 14.9. The highest BCUT2D eigenvalue weighted by Gasteiger charge is 2.39. The van der Waals surface area contributed by atoms with E-state index >= 15 is 0 Å². The van der Waals surface area contributed by atoms with Crippen LogP contribution in [0.1, 0.15) is 36.0 Å². The van der Waals surface area contributed by atoms with Gasteiger partial charge in [0.25, 0.3) is 5.91 Å². The van der Waals surface area contributed by atoms with Gasteiger partial charge in [0.1, 0.15) is 0 Å². The van der Waals surface area contributed by atoms with Crippen LogP contribution in [0.5, 0.6) is 0 Å². The van der Waals surface area contributed by atoms with E-state index in [1.807, 2.05) is 12.1 Å². The predicted octanol–water partition coefficient (Wildman–Crippen LogP) is 2.67. The molecule has 5 nitrogen and oxygen atoms in total. The first kappa shape index (κ1) is 14.0. The molecule has 2 N–H and O–H groups in total. The lowest BCUT2D eigenvalue weighted by Gasteiger charge is -2.40. The number of amides is 1. The number of carboxylic acid groups (broad SMARTS) is 1. The SMILES string of the molecule is O=C(O)CC1(CNC(=O)c2ccc3ncsc3c2)CCC1. The molecule has 1 aliphatic carbocycles. The third kappa shape index (κ3) is 2.90. The number of hydrogen-bond donors (Lipinski definition) is 2. The van der Waals surface area contributed by atoms with E-state index in [-0.39, 0.29) is 17.7 Å². The maximum Gasteiger partial charge on any atom is 0.303 e. The Morgan fingerprint density at radius 2 is 2.19 bits per heavy atom. The van der Waals surface area contributed by atoms with Gasteiger partial charge in [-0.25, -0.2) is 4.98 Å². The molecular formula is C15H16N2O3S. The lowest BCUT2D eigenvalue weighted by atomic mass is 9.66. The van der Waals surface area contributed by atoms with Crippen molar-refractivity contribution >= 4 is 33.4 Å². The molecular weight excluding hydrogens is 288 g/mol. The number of rotatable bonds is 5. The number of fused-ring (bicyclic) bond motifs is 1. The predicted molar refractivity (Wildman–Crippen MR) is 80.5 cm³/mol. The van der Waals surface area contributed by atoms with E-state index in [9.17, 15) is 9.59 Å². The van der Waals surface area contributed by atoms with Crippen LogP contribution in [-0.2, 0) is 4.79 Å². The minimum Gasteiger partial charge on any atom is -0.481 e. The van der Waals surface area contributed by atoms with Gasteiger partial charge in [0.05, 0.1) is 22.1 Å². The fourth-order valence-corrected chi connectivity index (χ4v) is 3.50. The van der Waals surface area contributed by atoms with E-state index in [2.05, 4.69) is 10.3 Å². The minimum absolute atomic E-state index is 0.126. The van der Waals surface area contributed by atoms with Gasteiger partial charge in [0, 0.05) is 12.1 Å². The van der Waals surface area contributed by atoms with Gasteiger partial charge in [-0.15, -0.1) is 11.3 Å². The summed E-state index contributed by atoms with van der Waals surface area (Å²) in [7, 11) is 0. The topological polar surface area (TPSA) is 79.3 Å². The third-order valence-corrected chi connectivity index (χ3v) is 4.95. The van der Waals surface area contributed by atoms with Crippen molar-refractivity contribution in [3.8, 4) is 0 Å². The Balaban J connectivity index is 1.66. The van der Waals surface area contributed by atoms with Crippen LogP contribution in [0.4, 0.5) is 0 Å². The lowest BCUT2D eigenvalue weighted by Crippen LogP contribution is -2.43. The van der Waals surface area contributed by atoms with Crippen LogP contribution in [-0.4, -0.2) is 28.5 Å². The standard InChI is InChI=1S/C15H16N2O3S/c18-13(19)7-15(4-1-5-15)8-16-14(20)10-2-3-11-12(6-10)21-9-17-11/h2-3,6,9H,1,4-5,7-8H2,(H,16,20)(H,18,19). The molecule has 0 bridgehead atoms. The summed E-state index contributed by atoms with van der Waals surface area (Å²) in [6.45, 7) is 0.429. The molecule has 1 aromatic heterocycles. The summed E-state index contributed by atoms with van der Waals surface area (Å²) in [5.41, 5.74) is 2.98. The molecule has 1 amide bonds. The Labute approximate surface area is 126 Å². The average molecular weight is 304 g/mol. The lowest BCUT2D eigenvalue weighted by molar-refractivity contribution is -0.141. The molecule has 0 saturated heterocycles. The number of nitrogens with one attached hydrogen (secondary N) is 1. The molecule has 1 heterocycles. The maximum atomic E-state index is 12.2. The van der Waals surface area contributed by atoms with Crippen molar-refractivity contribution in [2.45, 2.75) is 25.7 Å². The van der Waals surface area contributed by atoms with Crippen molar-refractivity contribution in [3.63, 3.8) is 0 Å². The molecule has 0 radical (unpaired) electrons. The van der Waals surface area contributed by atoms with E-state index < -0.39 is 5.97 Å². The Morgan fingerprint density at radius 1 is 1.38 bits per heavy atom. The zero-order valence-electron chi connectivity index (χ0n) is 11.5. The van der Waals surface area contributed by atoms with E-state index in [4.69, 9.17) is 5.11 Å². The van der Waals surface area contributed by atoms with E-state index in [1.54, 1.807) is 11.6 Å². The second-order valence-corrected chi connectivity index (χ2v) is 6.53. The van der Waals surface area contributed by atoms with Gasteiger partial charge >= 0.3 is 5.97 Å². The number of hydrogen-bond acceptors (Lipinski definition) is 4. The Kier molecular flexibility index (Phi) is 3.63. The summed E-state index contributed by atoms with van der Waals surface area (Å²) in [5.74, 6) is -0.947. The summed E-state index contributed by atoms with van der Waals surface area (Å²) in [5, 5.41) is 11.9. The van der Waals surface area contributed by atoms with Gasteiger partial charge < -0.3 is 10.4 Å². The van der Waals surface area contributed by atoms with Crippen LogP contribution in [0.2, 0.25) is 0 Å². The van der Waals surface area contributed by atoms with Crippen molar-refractivity contribution < 1.29 is 14.7 Å². The highest BCUT2D eigenvalue weighted by molar-refractivity contribution is 7.16. The molecule has 3 rings (SSSR count). The maximum absolute atomic E-state index is 12.2. The first-order valence-electron chi connectivity index (χ1n) is 6.91. The number of thiazole rings is 1. The first-order valence-corrected chi connectivity index (χ1v) is 7.79. The van der Waals surface area contributed by atoms with Gasteiger partial charge in [-0.3, -0.25) is 9.59 Å². The molecule has 0 spiro atoms. The normalized spacial score (nSPS) is 16.4. The van der Waals surface area contributed by atoms with Crippen molar-refractivity contribution in [3.05, 3.63) is 29.3 Å². The molecule has 2 aromatic rings. The quantitative estimate of drug-likeness (QED) is 0.890. The van der Waals surface area contributed by atoms with Crippen molar-refractivity contribution in [1.29, 1.82) is 0 Å². The van der Waals surface area contributed by atoms with Gasteiger partial charge in [0.2, 0.25) is 0 Å². The highest BCUT2D eigenvalue weighted by atomic mass is 32.1. The number of carbonyl (C=O) groups is 2. The summed E-state index contributed by atoms with van der Waals surface area (Å²) >= 11 is 1.50. The largest absolute Gasteiger partial charge is 0.481 e. The third-order valence-electron chi connectivity index (χ3n) is 4.16. The van der Waals surface area contributed by atoms with Crippen LogP contribution < -0.4 is 5.32 Å². The van der Waals surface area contributed by atoms with Crippen molar-refractivity contribution in [2.24, 2.45) is 5.41 Å². The van der Waals surface area contributed by atoms with Crippen LogP contribution in [0, 0.1) is 5.41 Å². The zero-order valence-corrected chi connectivity index (χ0v) is 12.3. The molecule has 1 aliphatic rings. The number of aliphatic carboxylic acids is 1. The molecule has 1 fully saturated rings. The molecule has 0 aliphatic heterocycles. The molecule has 1 saturated carbocycles. The van der Waals surface area contributed by atoms with Gasteiger partial charge in [0.15, 0.2) is 0 Å². The van der Waals surface area contributed by atoms with E-state index in [1.165, 1.54) is 11.3 Å². The fraction of sp³-hybridized carbons (Fsp3) is 0.400. The minimum atomic E-state index is -0.796. The number of carbonyl (C=O) groups excluding carboxylic acids is 1. The smallest absolute Gasteiger partial charge is 0.303 e. The van der Waals surface area contributed by atoms with Crippen LogP contribution >= 0.6 is 11.3 Å². The van der Waals surface area contributed by atoms with Crippen LogP contribution in [0.15, 0.2) is 23.7 Å². The van der Waals surface area contributed by atoms with Gasteiger partial charge in [-0.1, -0.05) is 6.42 Å². The number of benzene rings is 1. The number of carboxylic acids is 1. The monoisotopic (exact) mass is 304 g/mol. The van der Waals surface area contributed by atoms with E-state index in [0.29, 0.717) is 12.1 Å². The summed E-state index contributed by atoms with van der Waals surface area (Å²) in [6.07, 6.45) is 2.90. The van der Waals surface area contributed by atoms with Crippen LogP contribution in [0.3, 0.4) is 0 Å². The van der Waals surface area contributed by atoms with Crippen LogP contribution in [0.25, 0.3) is 10.2 Å². The highest BCUT2D eigenvalue weighted by Crippen LogP contribution is 2.43. The molecule has 21 heavy (non-hydrogen) atoms. The Morgan fingerprint density at radius 3 is 2.86 bits per heavy atom. The van der Waals surface area contributed by atoms with Gasteiger partial charge in [-0.05, 0) is 36.5 Å². The molecule has 0 unspecified atom stereocenters. The number of aromatic nitrogens is 1. The summed E-state index contributed by atoms with van der Waals surface area (Å²) in [6, 6.07) is 5.41. The second kappa shape index (κ2) is 5.44. The van der Waals surface area contributed by atoms with Crippen molar-refractivity contribution in [2.75, 3.05) is 6.54 Å². The fourth-order valence-electron chi connectivity index (χ4n) is 2.78. The molecule has 6 heteroatoms. The Bertz CT molecular complexity index is 691. The molecule has 1 aromatic carbocycles. The first-order chi connectivity index (χ1) is 10.1. The molecule has 0 atom stereocenters. The van der Waals surface area contributed by atoms with E-state index in [0.717, 1.165) is 29.5 Å². The van der Waals surface area contributed by atoms with Gasteiger partial charge in [-0.2, -0.15) is 0 Å². The summed E-state index contributed by atoms with van der Waals surface area (Å²) in [4.78, 5) is 27.3.